The fourth-order valence-electron chi connectivity index (χ4n) is 3.68. The van der Waals surface area contributed by atoms with Crippen molar-refractivity contribution in [1.29, 1.82) is 0 Å². The minimum atomic E-state index is 0.691. The van der Waals surface area contributed by atoms with Gasteiger partial charge in [-0.05, 0) is 37.8 Å². The van der Waals surface area contributed by atoms with Gasteiger partial charge in [-0.15, -0.1) is 0 Å². The van der Waals surface area contributed by atoms with Crippen LogP contribution in [0.4, 0.5) is 5.69 Å². The number of rotatable bonds is 3. The van der Waals surface area contributed by atoms with Crippen LogP contribution in [0.5, 0.6) is 0 Å². The summed E-state index contributed by atoms with van der Waals surface area (Å²) in [5, 5.41) is 3.66. The monoisotopic (exact) mass is 287 g/mol. The largest absolute Gasteiger partial charge is 0.383 e. The number of aryl methyl sites for hydroxylation is 1. The molecule has 0 spiro atoms. The summed E-state index contributed by atoms with van der Waals surface area (Å²) in [6, 6.07) is 10.2. The van der Waals surface area contributed by atoms with Gasteiger partial charge in [0.05, 0.1) is 0 Å². The maximum atomic E-state index is 3.66. The van der Waals surface area contributed by atoms with Crippen LogP contribution in [0.25, 0.3) is 0 Å². The Labute approximate surface area is 129 Å². The number of hydrogen-bond donors (Lipinski definition) is 1. The normalized spacial score (nSPS) is 25.7. The lowest BCUT2D eigenvalue weighted by atomic mass is 10.0. The molecule has 0 amide bonds. The Morgan fingerprint density at radius 2 is 1.95 bits per heavy atom. The molecule has 0 saturated carbocycles. The number of piperazine rings is 1. The van der Waals surface area contributed by atoms with Crippen LogP contribution in [0, 0.1) is 0 Å². The quantitative estimate of drug-likeness (QED) is 0.922. The molecule has 0 radical (unpaired) electrons. The molecule has 0 bridgehead atoms. The molecule has 0 aliphatic carbocycles. The number of hydrogen-bond acceptors (Lipinski definition) is 3. The molecule has 1 N–H and O–H groups in total. The first kappa shape index (κ1) is 14.9. The highest BCUT2D eigenvalue weighted by Crippen LogP contribution is 2.23. The first-order valence-corrected chi connectivity index (χ1v) is 8.57. The summed E-state index contributed by atoms with van der Waals surface area (Å²) in [6.45, 7) is 10.7. The minimum absolute atomic E-state index is 0.691. The molecule has 2 aliphatic rings. The van der Waals surface area contributed by atoms with Crippen molar-refractivity contribution >= 4 is 5.69 Å². The van der Waals surface area contributed by atoms with E-state index in [1.165, 1.54) is 56.7 Å². The van der Waals surface area contributed by atoms with Gasteiger partial charge in [0.15, 0.2) is 0 Å². The SMILES string of the molecule is CCC(C)N1CCN(C2CCc3ccccc3NC2)CC1. The molecule has 1 saturated heterocycles. The Morgan fingerprint density at radius 3 is 2.71 bits per heavy atom. The van der Waals surface area contributed by atoms with Crippen LogP contribution in [0.2, 0.25) is 0 Å². The first-order chi connectivity index (χ1) is 10.3. The number of fused-ring (bicyclic) bond motifs is 1. The van der Waals surface area contributed by atoms with Crippen LogP contribution in [-0.2, 0) is 6.42 Å². The zero-order valence-electron chi connectivity index (χ0n) is 13.5. The molecule has 2 unspecified atom stereocenters. The summed E-state index contributed by atoms with van der Waals surface area (Å²) in [5.74, 6) is 0. The Balaban J connectivity index is 1.55. The van der Waals surface area contributed by atoms with Crippen molar-refractivity contribution in [2.24, 2.45) is 0 Å². The van der Waals surface area contributed by atoms with E-state index in [1.54, 1.807) is 0 Å². The lowest BCUT2D eigenvalue weighted by molar-refractivity contribution is 0.0736. The van der Waals surface area contributed by atoms with E-state index in [0.29, 0.717) is 6.04 Å². The van der Waals surface area contributed by atoms with Gasteiger partial charge in [0.1, 0.15) is 0 Å². The number of para-hydroxylation sites is 1. The van der Waals surface area contributed by atoms with Crippen molar-refractivity contribution in [1.82, 2.24) is 9.80 Å². The van der Waals surface area contributed by atoms with Crippen molar-refractivity contribution in [3.8, 4) is 0 Å². The van der Waals surface area contributed by atoms with E-state index in [0.717, 1.165) is 12.6 Å². The molecule has 3 heteroatoms. The highest BCUT2D eigenvalue weighted by atomic mass is 15.3. The molecule has 0 aromatic heterocycles. The van der Waals surface area contributed by atoms with Crippen molar-refractivity contribution < 1.29 is 0 Å². The molecule has 3 rings (SSSR count). The van der Waals surface area contributed by atoms with Gasteiger partial charge in [-0.1, -0.05) is 25.1 Å². The Bertz CT molecular complexity index is 425. The lowest BCUT2D eigenvalue weighted by Crippen LogP contribution is -2.53. The zero-order valence-corrected chi connectivity index (χ0v) is 13.5. The Hall–Kier alpha value is -1.06. The molecular formula is C18H29N3. The highest BCUT2D eigenvalue weighted by molar-refractivity contribution is 5.52. The van der Waals surface area contributed by atoms with Gasteiger partial charge in [-0.25, -0.2) is 0 Å². The molecule has 2 atom stereocenters. The number of nitrogens with one attached hydrogen (secondary N) is 1. The van der Waals surface area contributed by atoms with E-state index >= 15 is 0 Å². The molecule has 3 nitrogen and oxygen atoms in total. The molecule has 1 fully saturated rings. The number of anilines is 1. The molecule has 1 aromatic rings. The average molecular weight is 287 g/mol. The second kappa shape index (κ2) is 6.80. The molecule has 2 heterocycles. The second-order valence-corrected chi connectivity index (χ2v) is 6.56. The van der Waals surface area contributed by atoms with Gasteiger partial charge >= 0.3 is 0 Å². The van der Waals surface area contributed by atoms with Crippen LogP contribution in [0.3, 0.4) is 0 Å². The highest BCUT2D eigenvalue weighted by Gasteiger charge is 2.26. The molecular weight excluding hydrogens is 258 g/mol. The van der Waals surface area contributed by atoms with E-state index in [1.807, 2.05) is 0 Å². The molecule has 2 aliphatic heterocycles. The molecule has 1 aromatic carbocycles. The van der Waals surface area contributed by atoms with Crippen molar-refractivity contribution in [3.63, 3.8) is 0 Å². The predicted molar refractivity (Wildman–Crippen MR) is 89.9 cm³/mol. The Kier molecular flexibility index (Phi) is 4.81. The van der Waals surface area contributed by atoms with E-state index in [4.69, 9.17) is 0 Å². The van der Waals surface area contributed by atoms with Crippen LogP contribution < -0.4 is 5.32 Å². The third-order valence-corrected chi connectivity index (χ3v) is 5.37. The minimum Gasteiger partial charge on any atom is -0.383 e. The maximum Gasteiger partial charge on any atom is 0.0373 e. The van der Waals surface area contributed by atoms with Crippen LogP contribution in [0.15, 0.2) is 24.3 Å². The summed E-state index contributed by atoms with van der Waals surface area (Å²) in [4.78, 5) is 5.35. The van der Waals surface area contributed by atoms with E-state index < -0.39 is 0 Å². The summed E-state index contributed by atoms with van der Waals surface area (Å²) < 4.78 is 0. The van der Waals surface area contributed by atoms with E-state index in [-0.39, 0.29) is 0 Å². The lowest BCUT2D eigenvalue weighted by Gasteiger charge is -2.41. The zero-order chi connectivity index (χ0) is 14.7. The number of benzene rings is 1. The van der Waals surface area contributed by atoms with E-state index in [2.05, 4.69) is 53.2 Å². The van der Waals surface area contributed by atoms with Gasteiger partial charge in [0, 0.05) is 50.5 Å². The topological polar surface area (TPSA) is 18.5 Å². The average Bonchev–Trinajstić information content (AvgIpc) is 2.77. The second-order valence-electron chi connectivity index (χ2n) is 6.56. The van der Waals surface area contributed by atoms with Gasteiger partial charge in [-0.2, -0.15) is 0 Å². The Morgan fingerprint density at radius 1 is 1.19 bits per heavy atom. The van der Waals surface area contributed by atoms with Crippen LogP contribution >= 0.6 is 0 Å². The molecule has 116 valence electrons. The van der Waals surface area contributed by atoms with Gasteiger partial charge < -0.3 is 5.32 Å². The first-order valence-electron chi connectivity index (χ1n) is 8.57. The fraction of sp³-hybridized carbons (Fsp3) is 0.667. The van der Waals surface area contributed by atoms with Crippen molar-refractivity contribution in [2.75, 3.05) is 38.0 Å². The summed E-state index contributed by atoms with van der Waals surface area (Å²) in [7, 11) is 0. The predicted octanol–water partition coefficient (Wildman–Crippen LogP) is 2.83. The van der Waals surface area contributed by atoms with E-state index in [9.17, 15) is 0 Å². The fourth-order valence-corrected chi connectivity index (χ4v) is 3.68. The van der Waals surface area contributed by atoms with Crippen molar-refractivity contribution in [3.05, 3.63) is 29.8 Å². The molecule has 21 heavy (non-hydrogen) atoms. The third kappa shape index (κ3) is 3.41. The smallest absolute Gasteiger partial charge is 0.0373 e. The van der Waals surface area contributed by atoms with Crippen LogP contribution in [0.1, 0.15) is 32.3 Å². The standard InChI is InChI=1S/C18H29N3/c1-3-15(2)20-10-12-21(13-11-20)17-9-8-16-6-4-5-7-18(16)19-14-17/h4-7,15,17,19H,3,8-14H2,1-2H3. The van der Waals surface area contributed by atoms with Crippen molar-refractivity contribution in [2.45, 2.75) is 45.2 Å². The summed E-state index contributed by atoms with van der Waals surface area (Å²) in [5.41, 5.74) is 2.83. The maximum absolute atomic E-state index is 3.66. The summed E-state index contributed by atoms with van der Waals surface area (Å²) >= 11 is 0. The van der Waals surface area contributed by atoms with Gasteiger partial charge in [-0.3, -0.25) is 9.80 Å². The third-order valence-electron chi connectivity index (χ3n) is 5.37. The summed E-state index contributed by atoms with van der Waals surface area (Å²) in [6.07, 6.45) is 3.76. The van der Waals surface area contributed by atoms with Gasteiger partial charge in [0.2, 0.25) is 0 Å². The van der Waals surface area contributed by atoms with Gasteiger partial charge in [0.25, 0.3) is 0 Å². The van der Waals surface area contributed by atoms with Crippen LogP contribution in [-0.4, -0.2) is 54.6 Å². The number of nitrogens with zero attached hydrogens (tertiary/aromatic N) is 2.